The fourth-order valence-corrected chi connectivity index (χ4v) is 2.44. The summed E-state index contributed by atoms with van der Waals surface area (Å²) in [6, 6.07) is 19.7. The Hall–Kier alpha value is -1.72. The fourth-order valence-electron chi connectivity index (χ4n) is 2.44. The molecule has 2 aromatic rings. The maximum Gasteiger partial charge on any atom is 0.103 e. The molecule has 4 heteroatoms. The van der Waals surface area contributed by atoms with E-state index in [9.17, 15) is 5.11 Å². The van der Waals surface area contributed by atoms with Gasteiger partial charge in [-0.3, -0.25) is 0 Å². The first-order valence-corrected chi connectivity index (χ1v) is 8.35. The summed E-state index contributed by atoms with van der Waals surface area (Å²) in [6.45, 7) is 1.19. The normalized spacial score (nSPS) is 13.6. The van der Waals surface area contributed by atoms with Crippen molar-refractivity contribution in [3.63, 3.8) is 0 Å². The van der Waals surface area contributed by atoms with Gasteiger partial charge in [0.25, 0.3) is 0 Å². The molecule has 2 N–H and O–H groups in total. The van der Waals surface area contributed by atoms with Crippen molar-refractivity contribution < 1.29 is 19.7 Å². The van der Waals surface area contributed by atoms with E-state index < -0.39 is 6.10 Å². The average Bonchev–Trinajstić information content (AvgIpc) is 2.63. The summed E-state index contributed by atoms with van der Waals surface area (Å²) in [5.41, 5.74) is 2.13. The minimum Gasteiger partial charge on any atom is -0.396 e. The van der Waals surface area contributed by atoms with Crippen LogP contribution in [0.15, 0.2) is 60.7 Å². The monoisotopic (exact) mass is 330 g/mol. The summed E-state index contributed by atoms with van der Waals surface area (Å²) >= 11 is 0. The third-order valence-corrected chi connectivity index (χ3v) is 3.78. The summed E-state index contributed by atoms with van der Waals surface area (Å²) in [5.74, 6) is 0. The number of aliphatic hydroxyl groups is 2. The number of aliphatic hydroxyl groups excluding tert-OH is 2. The van der Waals surface area contributed by atoms with Gasteiger partial charge in [0.05, 0.1) is 25.9 Å². The largest absolute Gasteiger partial charge is 0.396 e. The highest BCUT2D eigenvalue weighted by Crippen LogP contribution is 2.13. The summed E-state index contributed by atoms with van der Waals surface area (Å²) in [6.07, 6.45) is 0.117. The number of hydrogen-bond acceptors (Lipinski definition) is 4. The molecule has 0 heterocycles. The van der Waals surface area contributed by atoms with E-state index in [4.69, 9.17) is 14.6 Å². The van der Waals surface area contributed by atoms with Crippen molar-refractivity contribution in [1.29, 1.82) is 0 Å². The number of rotatable bonds is 11. The molecule has 130 valence electrons. The van der Waals surface area contributed by atoms with E-state index in [0.717, 1.165) is 11.1 Å². The predicted molar refractivity (Wildman–Crippen MR) is 93.4 cm³/mol. The molecule has 0 amide bonds. The number of hydrogen-bond donors (Lipinski definition) is 2. The Balaban J connectivity index is 1.79. The smallest absolute Gasteiger partial charge is 0.103 e. The Kier molecular flexibility index (Phi) is 8.49. The Bertz CT molecular complexity index is 544. The third-order valence-electron chi connectivity index (χ3n) is 3.78. The van der Waals surface area contributed by atoms with Gasteiger partial charge in [-0.05, 0) is 24.0 Å². The van der Waals surface area contributed by atoms with Gasteiger partial charge < -0.3 is 19.7 Å². The zero-order chi connectivity index (χ0) is 17.0. The summed E-state index contributed by atoms with van der Waals surface area (Å²) in [5, 5.41) is 19.4. The van der Waals surface area contributed by atoms with Crippen molar-refractivity contribution in [3.8, 4) is 0 Å². The van der Waals surface area contributed by atoms with E-state index in [-0.39, 0.29) is 19.3 Å². The van der Waals surface area contributed by atoms with Crippen LogP contribution >= 0.6 is 0 Å². The minimum atomic E-state index is -0.719. The van der Waals surface area contributed by atoms with Crippen LogP contribution in [0.25, 0.3) is 0 Å². The van der Waals surface area contributed by atoms with Gasteiger partial charge in [0.1, 0.15) is 6.10 Å². The lowest BCUT2D eigenvalue weighted by Crippen LogP contribution is -2.33. The topological polar surface area (TPSA) is 58.9 Å². The maximum absolute atomic E-state index is 10.4. The van der Waals surface area contributed by atoms with Crippen LogP contribution < -0.4 is 0 Å². The van der Waals surface area contributed by atoms with E-state index in [1.165, 1.54) is 0 Å². The standard InChI is InChI=1S/C20H26O4/c21-13-7-12-20(24-15-18-10-5-2-6-11-18)19(22)16-23-14-17-8-3-1-4-9-17/h1-6,8-11,19-22H,7,12-16H2/t19-,20+/m1/s1. The van der Waals surface area contributed by atoms with Gasteiger partial charge in [-0.15, -0.1) is 0 Å². The maximum atomic E-state index is 10.4. The van der Waals surface area contributed by atoms with Gasteiger partial charge in [-0.25, -0.2) is 0 Å². The summed E-state index contributed by atoms with van der Waals surface area (Å²) in [4.78, 5) is 0. The van der Waals surface area contributed by atoms with E-state index in [1.54, 1.807) is 0 Å². The fraction of sp³-hybridized carbons (Fsp3) is 0.400. The van der Waals surface area contributed by atoms with Crippen LogP contribution in [0.2, 0.25) is 0 Å². The molecule has 0 saturated carbocycles. The molecule has 0 unspecified atom stereocenters. The molecule has 0 aliphatic rings. The van der Waals surface area contributed by atoms with Crippen LogP contribution in [0.4, 0.5) is 0 Å². The number of benzene rings is 2. The Morgan fingerprint density at radius 1 is 0.833 bits per heavy atom. The van der Waals surface area contributed by atoms with Gasteiger partial charge in [0.2, 0.25) is 0 Å². The van der Waals surface area contributed by atoms with Crippen LogP contribution in [0.5, 0.6) is 0 Å². The molecule has 0 saturated heterocycles. The molecule has 0 radical (unpaired) electrons. The first kappa shape index (κ1) is 18.6. The van der Waals surface area contributed by atoms with Crippen molar-refractivity contribution in [2.45, 2.75) is 38.3 Å². The van der Waals surface area contributed by atoms with E-state index in [2.05, 4.69) is 0 Å². The van der Waals surface area contributed by atoms with Crippen molar-refractivity contribution in [2.75, 3.05) is 13.2 Å². The Morgan fingerprint density at radius 2 is 1.42 bits per heavy atom. The second-order valence-corrected chi connectivity index (χ2v) is 5.77. The van der Waals surface area contributed by atoms with Gasteiger partial charge in [0.15, 0.2) is 0 Å². The van der Waals surface area contributed by atoms with Crippen molar-refractivity contribution in [3.05, 3.63) is 71.8 Å². The van der Waals surface area contributed by atoms with Gasteiger partial charge >= 0.3 is 0 Å². The molecule has 0 fully saturated rings. The van der Waals surface area contributed by atoms with Crippen LogP contribution in [0.1, 0.15) is 24.0 Å². The van der Waals surface area contributed by atoms with Crippen molar-refractivity contribution >= 4 is 0 Å². The van der Waals surface area contributed by atoms with Crippen LogP contribution in [0, 0.1) is 0 Å². The lowest BCUT2D eigenvalue weighted by atomic mass is 10.1. The van der Waals surface area contributed by atoms with Crippen molar-refractivity contribution in [2.24, 2.45) is 0 Å². The molecule has 2 aromatic carbocycles. The highest BCUT2D eigenvalue weighted by atomic mass is 16.5. The molecule has 0 spiro atoms. The zero-order valence-electron chi connectivity index (χ0n) is 13.9. The molecule has 2 atom stereocenters. The highest BCUT2D eigenvalue weighted by Gasteiger charge is 2.20. The number of ether oxygens (including phenoxy) is 2. The Labute approximate surface area is 143 Å². The van der Waals surface area contributed by atoms with E-state index in [0.29, 0.717) is 26.1 Å². The second-order valence-electron chi connectivity index (χ2n) is 5.77. The van der Waals surface area contributed by atoms with Crippen LogP contribution in [-0.2, 0) is 22.7 Å². The molecule has 0 aliphatic carbocycles. The molecular weight excluding hydrogens is 304 g/mol. The highest BCUT2D eigenvalue weighted by molar-refractivity contribution is 5.14. The minimum absolute atomic E-state index is 0.0861. The SMILES string of the molecule is OCCC[C@H](OCc1ccccc1)[C@H](O)COCc1ccccc1. The first-order chi connectivity index (χ1) is 11.8. The first-order valence-electron chi connectivity index (χ1n) is 8.35. The van der Waals surface area contributed by atoms with Gasteiger partial charge in [-0.1, -0.05) is 60.7 Å². The molecule has 0 bridgehead atoms. The van der Waals surface area contributed by atoms with E-state index >= 15 is 0 Å². The summed E-state index contributed by atoms with van der Waals surface area (Å²) < 4.78 is 11.5. The second kappa shape index (κ2) is 10.9. The molecule has 0 aromatic heterocycles. The zero-order valence-corrected chi connectivity index (χ0v) is 13.9. The lowest BCUT2D eigenvalue weighted by Gasteiger charge is -2.23. The third kappa shape index (κ3) is 6.81. The molecule has 24 heavy (non-hydrogen) atoms. The van der Waals surface area contributed by atoms with Crippen LogP contribution in [-0.4, -0.2) is 35.6 Å². The lowest BCUT2D eigenvalue weighted by molar-refractivity contribution is -0.0850. The van der Waals surface area contributed by atoms with Gasteiger partial charge in [0, 0.05) is 6.61 Å². The van der Waals surface area contributed by atoms with Crippen LogP contribution in [0.3, 0.4) is 0 Å². The molecule has 4 nitrogen and oxygen atoms in total. The quantitative estimate of drug-likeness (QED) is 0.665. The Morgan fingerprint density at radius 3 is 2.00 bits per heavy atom. The molecule has 0 aliphatic heterocycles. The molecular formula is C20H26O4. The predicted octanol–water partition coefficient (Wildman–Crippen LogP) is 2.92. The van der Waals surface area contributed by atoms with E-state index in [1.807, 2.05) is 60.7 Å². The van der Waals surface area contributed by atoms with Crippen molar-refractivity contribution in [1.82, 2.24) is 0 Å². The molecule has 2 rings (SSSR count). The average molecular weight is 330 g/mol. The summed E-state index contributed by atoms with van der Waals surface area (Å²) in [7, 11) is 0. The van der Waals surface area contributed by atoms with Gasteiger partial charge in [-0.2, -0.15) is 0 Å².